The minimum absolute atomic E-state index is 0.0866. The lowest BCUT2D eigenvalue weighted by atomic mass is 9.47. The standard InChI is InChI=1S/C28H46N2O2/c1-6-8-18-30(19-9-7-2)26(32)23-12-11-21-20-10-13-24-28(4,17-15-25(31)29(24)5)22(20)14-16-27(21,23)3/h15,17,20-24H,6-14,16,18-19H2,1-5H3/t20-,21-,22+,23?,24?,27-,28+/m0/s1. The van der Waals surface area contributed by atoms with Crippen molar-refractivity contribution in [2.75, 3.05) is 20.1 Å². The first-order chi connectivity index (χ1) is 15.3. The van der Waals surface area contributed by atoms with E-state index in [0.29, 0.717) is 29.7 Å². The maximum absolute atomic E-state index is 13.8. The molecule has 7 atom stereocenters. The van der Waals surface area contributed by atoms with E-state index in [1.165, 1.54) is 25.7 Å². The van der Waals surface area contributed by atoms with Gasteiger partial charge in [-0.05, 0) is 80.6 Å². The van der Waals surface area contributed by atoms with Crippen molar-refractivity contribution < 1.29 is 9.59 Å². The summed E-state index contributed by atoms with van der Waals surface area (Å²) in [6.45, 7) is 11.2. The molecule has 0 aromatic heterocycles. The van der Waals surface area contributed by atoms with Crippen molar-refractivity contribution in [2.45, 2.75) is 97.9 Å². The Kier molecular flexibility index (Phi) is 6.81. The minimum Gasteiger partial charge on any atom is -0.342 e. The zero-order valence-corrected chi connectivity index (χ0v) is 21.2. The topological polar surface area (TPSA) is 40.6 Å². The molecule has 1 aliphatic heterocycles. The van der Waals surface area contributed by atoms with Crippen molar-refractivity contribution in [1.29, 1.82) is 0 Å². The third kappa shape index (κ3) is 3.74. The zero-order valence-electron chi connectivity index (χ0n) is 21.2. The highest BCUT2D eigenvalue weighted by Crippen LogP contribution is 2.65. The lowest BCUT2D eigenvalue weighted by molar-refractivity contribution is -0.147. The summed E-state index contributed by atoms with van der Waals surface area (Å²) in [4.78, 5) is 30.4. The Bertz CT molecular complexity index is 740. The fourth-order valence-corrected chi connectivity index (χ4v) is 8.39. The predicted octanol–water partition coefficient (Wildman–Crippen LogP) is 5.67. The van der Waals surface area contributed by atoms with E-state index in [4.69, 9.17) is 0 Å². The highest BCUT2D eigenvalue weighted by Gasteiger charge is 2.61. The molecule has 0 bridgehead atoms. The first-order valence-corrected chi connectivity index (χ1v) is 13.5. The van der Waals surface area contributed by atoms with Crippen molar-refractivity contribution in [3.05, 3.63) is 12.2 Å². The number of fused-ring (bicyclic) bond motifs is 5. The van der Waals surface area contributed by atoms with E-state index in [-0.39, 0.29) is 22.7 Å². The molecule has 2 unspecified atom stereocenters. The largest absolute Gasteiger partial charge is 0.342 e. The Morgan fingerprint density at radius 2 is 1.72 bits per heavy atom. The molecule has 0 radical (unpaired) electrons. The van der Waals surface area contributed by atoms with E-state index >= 15 is 0 Å². The average Bonchev–Trinajstić information content (AvgIpc) is 3.13. The molecule has 3 saturated carbocycles. The first-order valence-electron chi connectivity index (χ1n) is 13.5. The summed E-state index contributed by atoms with van der Waals surface area (Å²) in [6, 6.07) is 0.336. The third-order valence-electron chi connectivity index (χ3n) is 10.3. The van der Waals surface area contributed by atoms with Gasteiger partial charge in [-0.1, -0.05) is 46.6 Å². The number of amides is 2. The van der Waals surface area contributed by atoms with Crippen LogP contribution in [0.4, 0.5) is 0 Å². The van der Waals surface area contributed by atoms with Crippen molar-refractivity contribution in [1.82, 2.24) is 9.80 Å². The van der Waals surface area contributed by atoms with E-state index in [0.717, 1.165) is 51.6 Å². The van der Waals surface area contributed by atoms with Crippen molar-refractivity contribution in [3.63, 3.8) is 0 Å². The number of hydrogen-bond acceptors (Lipinski definition) is 2. The molecule has 32 heavy (non-hydrogen) atoms. The van der Waals surface area contributed by atoms with Gasteiger partial charge in [0.2, 0.25) is 11.8 Å². The van der Waals surface area contributed by atoms with Gasteiger partial charge >= 0.3 is 0 Å². The second kappa shape index (κ2) is 9.14. The van der Waals surface area contributed by atoms with Gasteiger partial charge in [-0.15, -0.1) is 0 Å². The molecule has 0 N–H and O–H groups in total. The van der Waals surface area contributed by atoms with Crippen LogP contribution in [-0.2, 0) is 9.59 Å². The van der Waals surface area contributed by atoms with Crippen LogP contribution in [0.1, 0.15) is 91.9 Å². The second-order valence-corrected chi connectivity index (χ2v) is 11.8. The fraction of sp³-hybridized carbons (Fsp3) is 0.857. The molecule has 0 aromatic carbocycles. The van der Waals surface area contributed by atoms with Crippen molar-refractivity contribution in [3.8, 4) is 0 Å². The molecule has 4 rings (SSSR count). The Labute approximate surface area is 196 Å². The molecule has 0 aromatic rings. The highest BCUT2D eigenvalue weighted by atomic mass is 16.2. The van der Waals surface area contributed by atoms with Crippen molar-refractivity contribution in [2.24, 2.45) is 34.5 Å². The minimum atomic E-state index is 0.0866. The van der Waals surface area contributed by atoms with Crippen molar-refractivity contribution >= 4 is 11.8 Å². The monoisotopic (exact) mass is 442 g/mol. The van der Waals surface area contributed by atoms with Gasteiger partial charge in [0.1, 0.15) is 0 Å². The van der Waals surface area contributed by atoms with Crippen LogP contribution in [0.25, 0.3) is 0 Å². The van der Waals surface area contributed by atoms with Crippen LogP contribution in [0.2, 0.25) is 0 Å². The van der Waals surface area contributed by atoms with E-state index in [1.54, 1.807) is 0 Å². The Morgan fingerprint density at radius 3 is 2.38 bits per heavy atom. The summed E-state index contributed by atoms with van der Waals surface area (Å²) >= 11 is 0. The molecule has 0 spiro atoms. The van der Waals surface area contributed by atoms with Gasteiger partial charge in [-0.25, -0.2) is 0 Å². The Hall–Kier alpha value is -1.32. The van der Waals surface area contributed by atoms with Gasteiger partial charge in [0.05, 0.1) is 0 Å². The number of likely N-dealkylation sites (N-methyl/N-ethyl adjacent to an activating group) is 1. The number of carbonyl (C=O) groups excluding carboxylic acids is 2. The van der Waals surface area contributed by atoms with Crippen LogP contribution in [0.5, 0.6) is 0 Å². The van der Waals surface area contributed by atoms with E-state index < -0.39 is 0 Å². The van der Waals surface area contributed by atoms with Crippen LogP contribution < -0.4 is 0 Å². The number of hydrogen-bond donors (Lipinski definition) is 0. The normalized spacial score (nSPS) is 40.6. The van der Waals surface area contributed by atoms with Gasteiger partial charge in [-0.3, -0.25) is 9.59 Å². The molecule has 0 saturated heterocycles. The highest BCUT2D eigenvalue weighted by molar-refractivity contribution is 5.89. The summed E-state index contributed by atoms with van der Waals surface area (Å²) in [5.41, 5.74) is 0.238. The molecule has 4 nitrogen and oxygen atoms in total. The van der Waals surface area contributed by atoms with Crippen LogP contribution in [-0.4, -0.2) is 47.8 Å². The van der Waals surface area contributed by atoms with E-state index in [9.17, 15) is 9.59 Å². The fourth-order valence-electron chi connectivity index (χ4n) is 8.39. The predicted molar refractivity (Wildman–Crippen MR) is 130 cm³/mol. The molecule has 2 amide bonds. The number of carbonyl (C=O) groups is 2. The zero-order chi connectivity index (χ0) is 23.1. The number of unbranched alkanes of at least 4 members (excludes halogenated alkanes) is 2. The van der Waals surface area contributed by atoms with Crippen LogP contribution in [0.3, 0.4) is 0 Å². The maximum atomic E-state index is 13.8. The van der Waals surface area contributed by atoms with Gasteiger partial charge in [0.15, 0.2) is 0 Å². The van der Waals surface area contributed by atoms with Gasteiger partial charge in [0.25, 0.3) is 0 Å². The molecule has 3 fully saturated rings. The number of rotatable bonds is 7. The Morgan fingerprint density at radius 1 is 1.03 bits per heavy atom. The quantitative estimate of drug-likeness (QED) is 0.509. The molecule has 3 aliphatic carbocycles. The molecule has 4 heteroatoms. The summed E-state index contributed by atoms with van der Waals surface area (Å²) < 4.78 is 0. The average molecular weight is 443 g/mol. The SMILES string of the molecule is CCCCN(CCCC)C(=O)C1CC[C@H]2[C@@H]3CCC4N(C)C(=O)C=C[C@]4(C)[C@@H]3CC[C@]12C. The van der Waals surface area contributed by atoms with Gasteiger partial charge in [0, 0.05) is 37.5 Å². The van der Waals surface area contributed by atoms with E-state index in [1.807, 2.05) is 18.0 Å². The summed E-state index contributed by atoms with van der Waals surface area (Å²) in [5.74, 6) is 2.81. The lowest BCUT2D eigenvalue weighted by Crippen LogP contribution is -2.60. The van der Waals surface area contributed by atoms with Crippen LogP contribution in [0.15, 0.2) is 12.2 Å². The molecular formula is C28H46N2O2. The smallest absolute Gasteiger partial charge is 0.246 e. The lowest BCUT2D eigenvalue weighted by Gasteiger charge is -2.60. The molecular weight excluding hydrogens is 396 g/mol. The van der Waals surface area contributed by atoms with Gasteiger partial charge in [-0.2, -0.15) is 0 Å². The van der Waals surface area contributed by atoms with Crippen LogP contribution >= 0.6 is 0 Å². The Balaban J connectivity index is 1.54. The summed E-state index contributed by atoms with van der Waals surface area (Å²) in [6.07, 6.45) is 15.6. The van der Waals surface area contributed by atoms with E-state index in [2.05, 4.69) is 38.7 Å². The van der Waals surface area contributed by atoms with Gasteiger partial charge < -0.3 is 9.80 Å². The summed E-state index contributed by atoms with van der Waals surface area (Å²) in [5, 5.41) is 0. The van der Waals surface area contributed by atoms with Crippen LogP contribution in [0, 0.1) is 34.5 Å². The second-order valence-electron chi connectivity index (χ2n) is 11.8. The number of nitrogens with zero attached hydrogens (tertiary/aromatic N) is 2. The maximum Gasteiger partial charge on any atom is 0.246 e. The first kappa shape index (κ1) is 23.8. The molecule has 1 heterocycles. The third-order valence-corrected chi connectivity index (χ3v) is 10.3. The summed E-state index contributed by atoms with van der Waals surface area (Å²) in [7, 11) is 1.99. The molecule has 180 valence electrons. The molecule has 4 aliphatic rings.